The molecule has 0 bridgehead atoms. The van der Waals surface area contributed by atoms with Crippen LogP contribution in [0.3, 0.4) is 0 Å². The molecule has 0 aromatic heterocycles. The average molecular weight is 434 g/mol. The van der Waals surface area contributed by atoms with Gasteiger partial charge in [0.25, 0.3) is 5.91 Å². The summed E-state index contributed by atoms with van der Waals surface area (Å²) in [5, 5.41) is 2.13. The molecule has 2 unspecified atom stereocenters. The van der Waals surface area contributed by atoms with Crippen LogP contribution >= 0.6 is 0 Å². The van der Waals surface area contributed by atoms with E-state index in [1.54, 1.807) is 19.1 Å². The summed E-state index contributed by atoms with van der Waals surface area (Å²) in [5.41, 5.74) is 2.98. The van der Waals surface area contributed by atoms with Crippen LogP contribution in [0.1, 0.15) is 19.4 Å². The molecular weight excluding hydrogens is 406 g/mol. The summed E-state index contributed by atoms with van der Waals surface area (Å²) in [6.07, 6.45) is -0.540. The molecule has 2 aromatic rings. The normalized spacial score (nSPS) is 22.8. The number of nitrogens with zero attached hydrogens (tertiary/aromatic N) is 5. The van der Waals surface area contributed by atoms with E-state index < -0.39 is 12.2 Å². The summed E-state index contributed by atoms with van der Waals surface area (Å²) >= 11 is 0. The zero-order valence-corrected chi connectivity index (χ0v) is 18.8. The number of likely N-dealkylation sites (N-methyl/N-ethyl adjacent to an activating group) is 1. The van der Waals surface area contributed by atoms with Crippen LogP contribution < -0.4 is 0 Å². The van der Waals surface area contributed by atoms with Gasteiger partial charge in [0, 0.05) is 32.1 Å². The first kappa shape index (κ1) is 20.5. The van der Waals surface area contributed by atoms with Crippen molar-refractivity contribution in [1.82, 2.24) is 19.6 Å². The molecule has 5 rings (SSSR count). The van der Waals surface area contributed by atoms with Gasteiger partial charge in [0.05, 0.1) is 13.2 Å². The lowest BCUT2D eigenvalue weighted by atomic mass is 10.0. The number of ether oxygens (including phenoxy) is 1. The Bertz CT molecular complexity index is 1170. The van der Waals surface area contributed by atoms with E-state index in [2.05, 4.69) is 4.90 Å². The molecular formula is C24H27N5O3. The number of carbonyl (C=O) groups is 2. The average Bonchev–Trinajstić information content (AvgIpc) is 3.30. The van der Waals surface area contributed by atoms with Crippen molar-refractivity contribution in [2.24, 2.45) is 4.99 Å². The summed E-state index contributed by atoms with van der Waals surface area (Å²) in [6, 6.07) is 13.1. The van der Waals surface area contributed by atoms with Crippen LogP contribution in [0.15, 0.2) is 58.9 Å². The number of benzene rings is 2. The molecule has 166 valence electrons. The third kappa shape index (κ3) is 2.90. The fourth-order valence-electron chi connectivity index (χ4n) is 4.88. The van der Waals surface area contributed by atoms with E-state index in [-0.39, 0.29) is 18.5 Å². The van der Waals surface area contributed by atoms with Gasteiger partial charge in [0.15, 0.2) is 12.2 Å². The molecule has 32 heavy (non-hydrogen) atoms. The van der Waals surface area contributed by atoms with E-state index in [9.17, 15) is 9.59 Å². The second-order valence-corrected chi connectivity index (χ2v) is 8.43. The number of guanidine groups is 1. The van der Waals surface area contributed by atoms with Crippen LogP contribution in [0.4, 0.5) is 4.79 Å². The van der Waals surface area contributed by atoms with Crippen molar-refractivity contribution in [3.05, 3.63) is 59.4 Å². The van der Waals surface area contributed by atoms with Gasteiger partial charge in [-0.25, -0.2) is 9.79 Å². The third-order valence-electron chi connectivity index (χ3n) is 6.73. The fraction of sp³-hybridized carbons (Fsp3) is 0.375. The van der Waals surface area contributed by atoms with Gasteiger partial charge in [-0.05, 0) is 30.2 Å². The lowest BCUT2D eigenvalue weighted by Crippen LogP contribution is -2.64. The quantitative estimate of drug-likeness (QED) is 0.725. The van der Waals surface area contributed by atoms with Gasteiger partial charge in [-0.15, -0.1) is 0 Å². The Kier molecular flexibility index (Phi) is 4.89. The zero-order chi connectivity index (χ0) is 22.6. The number of fused-ring (bicyclic) bond motifs is 4. The molecule has 1 saturated heterocycles. The SMILES string of the molecule is COCCN1C2=NC3C(C(=O)N(Cc4cccc5ccccc45)C(=O)N3C)N2C(C)=C1C. The zero-order valence-electron chi connectivity index (χ0n) is 18.8. The summed E-state index contributed by atoms with van der Waals surface area (Å²) < 4.78 is 5.25. The van der Waals surface area contributed by atoms with E-state index >= 15 is 0 Å². The highest BCUT2D eigenvalue weighted by atomic mass is 16.5. The minimum Gasteiger partial charge on any atom is -0.383 e. The number of aliphatic imine (C=N–C) groups is 1. The molecule has 2 atom stereocenters. The molecule has 8 nitrogen and oxygen atoms in total. The van der Waals surface area contributed by atoms with Crippen molar-refractivity contribution in [2.75, 3.05) is 27.3 Å². The third-order valence-corrected chi connectivity index (χ3v) is 6.73. The second-order valence-electron chi connectivity index (χ2n) is 8.43. The van der Waals surface area contributed by atoms with E-state index in [1.165, 1.54) is 4.90 Å². The van der Waals surface area contributed by atoms with E-state index in [0.29, 0.717) is 19.1 Å². The minimum absolute atomic E-state index is 0.217. The topological polar surface area (TPSA) is 68.7 Å². The number of amides is 3. The molecule has 0 radical (unpaired) electrons. The summed E-state index contributed by atoms with van der Waals surface area (Å²) in [4.78, 5) is 38.8. The van der Waals surface area contributed by atoms with Crippen LogP contribution in [0, 0.1) is 0 Å². The standard InChI is InChI=1S/C24H27N5O3/c1-15-16(2)29-20-21(25-23(29)27(15)12-13-32-4)26(3)24(31)28(22(20)30)14-18-10-7-9-17-8-5-6-11-19(17)18/h5-11,20-21H,12-14H2,1-4H3. The molecule has 2 aromatic carbocycles. The second kappa shape index (κ2) is 7.63. The van der Waals surface area contributed by atoms with Gasteiger partial charge >= 0.3 is 6.03 Å². The molecule has 0 saturated carbocycles. The Balaban J connectivity index is 1.49. The van der Waals surface area contributed by atoms with Crippen LogP contribution in [0.5, 0.6) is 0 Å². The first-order chi connectivity index (χ1) is 15.4. The lowest BCUT2D eigenvalue weighted by molar-refractivity contribution is -0.137. The lowest BCUT2D eigenvalue weighted by Gasteiger charge is -2.41. The van der Waals surface area contributed by atoms with Crippen LogP contribution in [0.2, 0.25) is 0 Å². The summed E-state index contributed by atoms with van der Waals surface area (Å²) in [5.74, 6) is 0.498. The van der Waals surface area contributed by atoms with Gasteiger partial charge < -0.3 is 14.5 Å². The largest absolute Gasteiger partial charge is 0.383 e. The maximum atomic E-state index is 13.7. The maximum Gasteiger partial charge on any atom is 0.328 e. The Morgan fingerprint density at radius 1 is 1.00 bits per heavy atom. The number of hydrogen-bond donors (Lipinski definition) is 0. The predicted molar refractivity (Wildman–Crippen MR) is 121 cm³/mol. The fourth-order valence-corrected chi connectivity index (χ4v) is 4.88. The summed E-state index contributed by atoms with van der Waals surface area (Å²) in [7, 11) is 3.39. The molecule has 3 amide bonds. The smallest absolute Gasteiger partial charge is 0.328 e. The number of hydrogen-bond acceptors (Lipinski definition) is 6. The maximum absolute atomic E-state index is 13.7. The predicted octanol–water partition coefficient (Wildman–Crippen LogP) is 2.81. The highest BCUT2D eigenvalue weighted by molar-refractivity contribution is 6.05. The number of methoxy groups -OCH3 is 1. The number of carbonyl (C=O) groups excluding carboxylic acids is 2. The Labute approximate surface area is 187 Å². The first-order valence-electron chi connectivity index (χ1n) is 10.8. The highest BCUT2D eigenvalue weighted by Gasteiger charge is 2.55. The van der Waals surface area contributed by atoms with Gasteiger partial charge in [0.1, 0.15) is 0 Å². The van der Waals surface area contributed by atoms with Gasteiger partial charge in [-0.2, -0.15) is 0 Å². The Hall–Kier alpha value is -3.39. The van der Waals surface area contributed by atoms with Crippen LogP contribution in [-0.4, -0.2) is 77.0 Å². The van der Waals surface area contributed by atoms with Gasteiger partial charge in [-0.1, -0.05) is 42.5 Å². The van der Waals surface area contributed by atoms with Crippen LogP contribution in [-0.2, 0) is 16.1 Å². The highest BCUT2D eigenvalue weighted by Crippen LogP contribution is 2.38. The number of imide groups is 1. The Morgan fingerprint density at radius 3 is 2.53 bits per heavy atom. The summed E-state index contributed by atoms with van der Waals surface area (Å²) in [6.45, 7) is 5.43. The molecule has 0 aliphatic carbocycles. The molecule has 8 heteroatoms. The van der Waals surface area contributed by atoms with Gasteiger partial charge in [-0.3, -0.25) is 14.6 Å². The first-order valence-corrected chi connectivity index (χ1v) is 10.8. The van der Waals surface area contributed by atoms with Crippen molar-refractivity contribution >= 4 is 28.7 Å². The van der Waals surface area contributed by atoms with Crippen molar-refractivity contribution in [3.63, 3.8) is 0 Å². The van der Waals surface area contributed by atoms with Gasteiger partial charge in [0.2, 0.25) is 5.96 Å². The van der Waals surface area contributed by atoms with E-state index in [4.69, 9.17) is 9.73 Å². The molecule has 3 heterocycles. The molecule has 0 N–H and O–H groups in total. The van der Waals surface area contributed by atoms with Crippen molar-refractivity contribution in [1.29, 1.82) is 0 Å². The van der Waals surface area contributed by atoms with Crippen LogP contribution in [0.25, 0.3) is 10.8 Å². The molecule has 1 fully saturated rings. The van der Waals surface area contributed by atoms with Crippen molar-refractivity contribution in [3.8, 4) is 0 Å². The Morgan fingerprint density at radius 2 is 1.75 bits per heavy atom. The monoisotopic (exact) mass is 433 g/mol. The molecule has 3 aliphatic heterocycles. The van der Waals surface area contributed by atoms with E-state index in [0.717, 1.165) is 27.7 Å². The molecule has 0 spiro atoms. The number of allylic oxidation sites excluding steroid dienone is 2. The number of rotatable bonds is 5. The van der Waals surface area contributed by atoms with Crippen molar-refractivity contribution < 1.29 is 14.3 Å². The molecule has 3 aliphatic rings. The van der Waals surface area contributed by atoms with E-state index in [1.807, 2.05) is 61.2 Å². The number of urea groups is 1. The van der Waals surface area contributed by atoms with Crippen molar-refractivity contribution in [2.45, 2.75) is 32.6 Å². The minimum atomic E-state index is -0.565.